The van der Waals surface area contributed by atoms with E-state index in [1.165, 1.54) is 0 Å². The van der Waals surface area contributed by atoms with E-state index in [9.17, 15) is 13.2 Å². The largest absolute Gasteiger partial charge is 0.486 e. The lowest BCUT2D eigenvalue weighted by atomic mass is 10.0. The fourth-order valence-corrected chi connectivity index (χ4v) is 6.67. The lowest BCUT2D eigenvalue weighted by Crippen LogP contribution is -2.35. The average molecular weight is 485 g/mol. The molecule has 34 heavy (non-hydrogen) atoms. The molecule has 2 aromatic rings. The summed E-state index contributed by atoms with van der Waals surface area (Å²) >= 11 is 0. The zero-order valence-corrected chi connectivity index (χ0v) is 20.3. The molecule has 182 valence electrons. The molecule has 7 nitrogen and oxygen atoms in total. The van der Waals surface area contributed by atoms with Gasteiger partial charge in [0.25, 0.3) is 0 Å². The standard InChI is InChI=1S/C26H32N2O5S/c29-26(28-16-4-5-23(28)21-9-12-24-25(19-21)33-18-17-32-24)13-8-20-6-10-22(11-7-20)34(30,31)27-14-2-1-3-15-27/h6-7,9-12,19,23H,1-5,8,13-18H2. The van der Waals surface area contributed by atoms with Gasteiger partial charge in [-0.3, -0.25) is 4.79 Å². The van der Waals surface area contributed by atoms with Crippen LogP contribution in [0.2, 0.25) is 0 Å². The third kappa shape index (κ3) is 4.79. The smallest absolute Gasteiger partial charge is 0.243 e. The van der Waals surface area contributed by atoms with Gasteiger partial charge in [0.2, 0.25) is 15.9 Å². The van der Waals surface area contributed by atoms with Crippen LogP contribution in [-0.2, 0) is 21.2 Å². The monoisotopic (exact) mass is 484 g/mol. The van der Waals surface area contributed by atoms with Crippen molar-refractivity contribution in [2.24, 2.45) is 0 Å². The minimum Gasteiger partial charge on any atom is -0.486 e. The molecule has 0 spiro atoms. The van der Waals surface area contributed by atoms with Gasteiger partial charge >= 0.3 is 0 Å². The molecule has 3 heterocycles. The Morgan fingerprint density at radius 1 is 0.882 bits per heavy atom. The highest BCUT2D eigenvalue weighted by atomic mass is 32.2. The number of rotatable bonds is 6. The van der Waals surface area contributed by atoms with Gasteiger partial charge in [-0.05, 0) is 67.5 Å². The van der Waals surface area contributed by atoms with Crippen LogP contribution in [0.4, 0.5) is 0 Å². The van der Waals surface area contributed by atoms with Gasteiger partial charge in [-0.25, -0.2) is 8.42 Å². The second-order valence-electron chi connectivity index (χ2n) is 9.26. The molecule has 0 N–H and O–H groups in total. The van der Waals surface area contributed by atoms with Gasteiger partial charge < -0.3 is 14.4 Å². The van der Waals surface area contributed by atoms with Gasteiger partial charge in [-0.15, -0.1) is 0 Å². The summed E-state index contributed by atoms with van der Waals surface area (Å²) in [5.74, 6) is 1.64. The Bertz CT molecular complexity index is 1130. The van der Waals surface area contributed by atoms with Crippen molar-refractivity contribution in [3.8, 4) is 11.5 Å². The maximum absolute atomic E-state index is 13.1. The normalized spacial score (nSPS) is 20.9. The van der Waals surface area contributed by atoms with Crippen LogP contribution < -0.4 is 9.47 Å². The Morgan fingerprint density at radius 2 is 1.62 bits per heavy atom. The van der Waals surface area contributed by atoms with Crippen LogP contribution in [0.3, 0.4) is 0 Å². The highest BCUT2D eigenvalue weighted by Gasteiger charge is 2.31. The maximum Gasteiger partial charge on any atom is 0.243 e. The Morgan fingerprint density at radius 3 is 2.38 bits per heavy atom. The Hall–Kier alpha value is -2.58. The van der Waals surface area contributed by atoms with Gasteiger partial charge in [0, 0.05) is 26.1 Å². The highest BCUT2D eigenvalue weighted by Crippen LogP contribution is 2.38. The van der Waals surface area contributed by atoms with Crippen molar-refractivity contribution in [2.45, 2.75) is 55.9 Å². The van der Waals surface area contributed by atoms with Crippen molar-refractivity contribution >= 4 is 15.9 Å². The van der Waals surface area contributed by atoms with Crippen molar-refractivity contribution in [1.82, 2.24) is 9.21 Å². The number of hydrogen-bond acceptors (Lipinski definition) is 5. The number of carbonyl (C=O) groups is 1. The first-order chi connectivity index (χ1) is 16.5. The number of piperidine rings is 1. The van der Waals surface area contributed by atoms with Crippen molar-refractivity contribution in [2.75, 3.05) is 32.8 Å². The molecule has 3 aliphatic rings. The minimum atomic E-state index is -3.43. The van der Waals surface area contributed by atoms with Gasteiger partial charge in [0.15, 0.2) is 11.5 Å². The quantitative estimate of drug-likeness (QED) is 0.621. The summed E-state index contributed by atoms with van der Waals surface area (Å²) in [4.78, 5) is 15.4. The summed E-state index contributed by atoms with van der Waals surface area (Å²) in [5.41, 5.74) is 2.06. The molecule has 2 fully saturated rings. The molecule has 0 saturated carbocycles. The van der Waals surface area contributed by atoms with Crippen molar-refractivity contribution in [3.63, 3.8) is 0 Å². The molecule has 2 aromatic carbocycles. The molecule has 0 radical (unpaired) electrons. The van der Waals surface area contributed by atoms with Gasteiger partial charge in [0.1, 0.15) is 13.2 Å². The summed E-state index contributed by atoms with van der Waals surface area (Å²) in [6.45, 7) is 3.05. The molecule has 5 rings (SSSR count). The molecule has 8 heteroatoms. The fraction of sp³-hybridized carbons (Fsp3) is 0.500. The summed E-state index contributed by atoms with van der Waals surface area (Å²) < 4.78 is 38.6. The van der Waals surface area contributed by atoms with Crippen LogP contribution in [-0.4, -0.2) is 56.4 Å². The molecule has 0 bridgehead atoms. The first kappa shape index (κ1) is 23.2. The minimum absolute atomic E-state index is 0.0559. The summed E-state index contributed by atoms with van der Waals surface area (Å²) in [7, 11) is -3.43. The average Bonchev–Trinajstić information content (AvgIpc) is 3.38. The van der Waals surface area contributed by atoms with E-state index in [-0.39, 0.29) is 11.9 Å². The number of ether oxygens (including phenoxy) is 2. The summed E-state index contributed by atoms with van der Waals surface area (Å²) in [6, 6.07) is 13.1. The number of benzene rings is 2. The second kappa shape index (κ2) is 9.96. The van der Waals surface area contributed by atoms with E-state index < -0.39 is 10.0 Å². The Kier molecular flexibility index (Phi) is 6.79. The number of likely N-dealkylation sites (tertiary alicyclic amines) is 1. The lowest BCUT2D eigenvalue weighted by molar-refractivity contribution is -0.132. The second-order valence-corrected chi connectivity index (χ2v) is 11.2. The lowest BCUT2D eigenvalue weighted by Gasteiger charge is -2.27. The summed E-state index contributed by atoms with van der Waals surface area (Å²) in [5, 5.41) is 0. The van der Waals surface area contributed by atoms with Gasteiger partial charge in [-0.2, -0.15) is 4.31 Å². The third-order valence-electron chi connectivity index (χ3n) is 7.03. The molecule has 1 amide bonds. The Labute approximate surface area is 201 Å². The fourth-order valence-electron chi connectivity index (χ4n) is 5.16. The SMILES string of the molecule is O=C(CCc1ccc(S(=O)(=O)N2CCCCC2)cc1)N1CCCC1c1ccc2c(c1)OCCO2. The molecule has 3 aliphatic heterocycles. The zero-order chi connectivity index (χ0) is 23.5. The van der Waals surface area contributed by atoms with Crippen LogP contribution in [0.5, 0.6) is 11.5 Å². The van der Waals surface area contributed by atoms with E-state index in [0.29, 0.717) is 44.0 Å². The van der Waals surface area contributed by atoms with Gasteiger partial charge in [-0.1, -0.05) is 24.6 Å². The number of carbonyl (C=O) groups excluding carboxylic acids is 1. The number of sulfonamides is 1. The zero-order valence-electron chi connectivity index (χ0n) is 19.4. The predicted octanol–water partition coefficient (Wildman–Crippen LogP) is 3.93. The van der Waals surface area contributed by atoms with Crippen LogP contribution in [0.1, 0.15) is 55.7 Å². The number of hydrogen-bond donors (Lipinski definition) is 0. The molecule has 0 aliphatic carbocycles. The van der Waals surface area contributed by atoms with E-state index in [0.717, 1.165) is 61.3 Å². The van der Waals surface area contributed by atoms with E-state index in [1.807, 2.05) is 35.2 Å². The molecular weight excluding hydrogens is 452 g/mol. The predicted molar refractivity (Wildman–Crippen MR) is 128 cm³/mol. The van der Waals surface area contributed by atoms with Crippen LogP contribution in [0.25, 0.3) is 0 Å². The number of amides is 1. The van der Waals surface area contributed by atoms with Crippen molar-refractivity contribution in [1.29, 1.82) is 0 Å². The number of nitrogens with zero attached hydrogens (tertiary/aromatic N) is 2. The van der Waals surface area contributed by atoms with Crippen LogP contribution >= 0.6 is 0 Å². The number of fused-ring (bicyclic) bond motifs is 1. The first-order valence-corrected chi connectivity index (χ1v) is 13.7. The molecule has 1 unspecified atom stereocenters. The van der Waals surface area contributed by atoms with E-state index in [4.69, 9.17) is 9.47 Å². The van der Waals surface area contributed by atoms with Crippen molar-refractivity contribution < 1.29 is 22.7 Å². The third-order valence-corrected chi connectivity index (χ3v) is 8.94. The maximum atomic E-state index is 13.1. The van der Waals surface area contributed by atoms with Crippen molar-refractivity contribution in [3.05, 3.63) is 53.6 Å². The van der Waals surface area contributed by atoms with Crippen LogP contribution in [0, 0.1) is 0 Å². The summed E-state index contributed by atoms with van der Waals surface area (Å²) in [6.07, 6.45) is 5.84. The molecular formula is C26H32N2O5S. The molecule has 0 aromatic heterocycles. The first-order valence-electron chi connectivity index (χ1n) is 12.3. The van der Waals surface area contributed by atoms with E-state index in [2.05, 4.69) is 0 Å². The van der Waals surface area contributed by atoms with E-state index >= 15 is 0 Å². The number of aryl methyl sites for hydroxylation is 1. The van der Waals surface area contributed by atoms with E-state index in [1.54, 1.807) is 16.4 Å². The molecule has 2 saturated heterocycles. The Balaban J connectivity index is 1.21. The van der Waals surface area contributed by atoms with Gasteiger partial charge in [0.05, 0.1) is 10.9 Å². The topological polar surface area (TPSA) is 76.2 Å². The highest BCUT2D eigenvalue weighted by molar-refractivity contribution is 7.89. The van der Waals surface area contributed by atoms with Crippen LogP contribution in [0.15, 0.2) is 47.4 Å². The molecule has 1 atom stereocenters.